The summed E-state index contributed by atoms with van der Waals surface area (Å²) in [6.45, 7) is 5.13. The lowest BCUT2D eigenvalue weighted by Crippen LogP contribution is -2.20. The molecule has 0 aliphatic rings. The van der Waals surface area contributed by atoms with Crippen molar-refractivity contribution >= 4 is 5.78 Å². The Labute approximate surface area is 96.4 Å². The van der Waals surface area contributed by atoms with Crippen LogP contribution in [-0.2, 0) is 9.47 Å². The van der Waals surface area contributed by atoms with E-state index in [0.717, 1.165) is 0 Å². The molecule has 0 saturated heterocycles. The minimum atomic E-state index is -0.0485. The Bertz CT molecular complexity index is 308. The van der Waals surface area contributed by atoms with E-state index in [0.29, 0.717) is 18.8 Å². The number of Topliss-reactive ketones (excluding diaryl/α,β-unsaturated/α-hetero) is 1. The predicted molar refractivity (Wildman–Crippen MR) is 62.7 cm³/mol. The molecular weight excluding hydrogens is 204 g/mol. The molecule has 0 heterocycles. The number of carbonyl (C=O) groups excluding carboxylic acids is 1. The first-order valence-electron chi connectivity index (χ1n) is 5.51. The van der Waals surface area contributed by atoms with Gasteiger partial charge in [0.1, 0.15) is 6.61 Å². The molecule has 88 valence electrons. The van der Waals surface area contributed by atoms with Crippen LogP contribution in [0.15, 0.2) is 30.3 Å². The molecule has 0 aromatic heterocycles. The monoisotopic (exact) mass is 222 g/mol. The first-order chi connectivity index (χ1) is 7.74. The summed E-state index contributed by atoms with van der Waals surface area (Å²) in [7, 11) is 0. The van der Waals surface area contributed by atoms with Crippen LogP contribution >= 0.6 is 0 Å². The molecule has 0 aliphatic carbocycles. The van der Waals surface area contributed by atoms with Crippen molar-refractivity contribution in [1.29, 1.82) is 0 Å². The van der Waals surface area contributed by atoms with Gasteiger partial charge in [-0.25, -0.2) is 0 Å². The number of hydrogen-bond donors (Lipinski definition) is 0. The van der Waals surface area contributed by atoms with Gasteiger partial charge in [0.05, 0.1) is 12.7 Å². The number of ketones is 1. The zero-order chi connectivity index (χ0) is 11.8. The molecule has 1 aromatic carbocycles. The van der Waals surface area contributed by atoms with Gasteiger partial charge >= 0.3 is 0 Å². The van der Waals surface area contributed by atoms with E-state index in [2.05, 4.69) is 0 Å². The van der Waals surface area contributed by atoms with Crippen molar-refractivity contribution in [3.05, 3.63) is 35.9 Å². The van der Waals surface area contributed by atoms with Crippen molar-refractivity contribution in [3.63, 3.8) is 0 Å². The van der Waals surface area contributed by atoms with Gasteiger partial charge in [-0.15, -0.1) is 0 Å². The summed E-state index contributed by atoms with van der Waals surface area (Å²) < 4.78 is 10.6. The minimum Gasteiger partial charge on any atom is -0.379 e. The molecule has 1 aromatic rings. The molecule has 0 saturated carbocycles. The highest BCUT2D eigenvalue weighted by molar-refractivity contribution is 5.96. The second-order valence-electron chi connectivity index (χ2n) is 3.57. The lowest BCUT2D eigenvalue weighted by atomic mass is 10.1. The third kappa shape index (κ3) is 4.55. The van der Waals surface area contributed by atoms with Crippen LogP contribution in [0.25, 0.3) is 0 Å². The van der Waals surface area contributed by atoms with Gasteiger partial charge in [0.15, 0.2) is 5.78 Å². The lowest BCUT2D eigenvalue weighted by Gasteiger charge is -2.12. The van der Waals surface area contributed by atoms with Gasteiger partial charge in [-0.3, -0.25) is 4.79 Å². The highest BCUT2D eigenvalue weighted by atomic mass is 16.5. The van der Waals surface area contributed by atoms with Crippen LogP contribution in [0.4, 0.5) is 0 Å². The molecule has 0 fully saturated rings. The minimum absolute atomic E-state index is 0.00366. The van der Waals surface area contributed by atoms with Gasteiger partial charge < -0.3 is 9.47 Å². The summed E-state index contributed by atoms with van der Waals surface area (Å²) in [6.07, 6.45) is -0.0485. The van der Waals surface area contributed by atoms with E-state index in [-0.39, 0.29) is 18.5 Å². The SMILES string of the molecule is CCOCC(C)OCC(=O)c1ccccc1. The molecule has 0 N–H and O–H groups in total. The fraction of sp³-hybridized carbons (Fsp3) is 0.462. The summed E-state index contributed by atoms with van der Waals surface area (Å²) in [5, 5.41) is 0. The highest BCUT2D eigenvalue weighted by Crippen LogP contribution is 2.01. The molecule has 1 unspecified atom stereocenters. The van der Waals surface area contributed by atoms with Crippen molar-refractivity contribution in [1.82, 2.24) is 0 Å². The predicted octanol–water partition coefficient (Wildman–Crippen LogP) is 2.31. The maximum Gasteiger partial charge on any atom is 0.188 e. The maximum atomic E-state index is 11.7. The number of rotatable bonds is 7. The largest absolute Gasteiger partial charge is 0.379 e. The summed E-state index contributed by atoms with van der Waals surface area (Å²) in [4.78, 5) is 11.7. The topological polar surface area (TPSA) is 35.5 Å². The molecule has 16 heavy (non-hydrogen) atoms. The molecule has 1 atom stereocenters. The van der Waals surface area contributed by atoms with E-state index in [1.807, 2.05) is 32.0 Å². The summed E-state index contributed by atoms with van der Waals surface area (Å²) in [5.74, 6) is 0.00366. The van der Waals surface area contributed by atoms with E-state index in [9.17, 15) is 4.79 Å². The highest BCUT2D eigenvalue weighted by Gasteiger charge is 2.08. The van der Waals surface area contributed by atoms with Crippen molar-refractivity contribution < 1.29 is 14.3 Å². The third-order valence-corrected chi connectivity index (χ3v) is 2.15. The molecule has 0 aliphatic heterocycles. The molecule has 1 rings (SSSR count). The van der Waals surface area contributed by atoms with Crippen LogP contribution in [0.2, 0.25) is 0 Å². The Balaban J connectivity index is 2.30. The van der Waals surface area contributed by atoms with Crippen molar-refractivity contribution in [2.24, 2.45) is 0 Å². The average molecular weight is 222 g/mol. The second-order valence-corrected chi connectivity index (χ2v) is 3.57. The van der Waals surface area contributed by atoms with Gasteiger partial charge in [0.2, 0.25) is 0 Å². The van der Waals surface area contributed by atoms with Crippen LogP contribution < -0.4 is 0 Å². The number of ether oxygens (including phenoxy) is 2. The quantitative estimate of drug-likeness (QED) is 0.664. The standard InChI is InChI=1S/C13H18O3/c1-3-15-9-11(2)16-10-13(14)12-7-5-4-6-8-12/h4-8,11H,3,9-10H2,1-2H3. The normalized spacial score (nSPS) is 12.4. The van der Waals surface area contributed by atoms with Gasteiger partial charge in [0.25, 0.3) is 0 Å². The van der Waals surface area contributed by atoms with Crippen LogP contribution in [0.5, 0.6) is 0 Å². The first kappa shape index (κ1) is 12.9. The molecule has 0 bridgehead atoms. The van der Waals surface area contributed by atoms with E-state index in [1.54, 1.807) is 12.1 Å². The van der Waals surface area contributed by atoms with Gasteiger partial charge in [0, 0.05) is 12.2 Å². The summed E-state index contributed by atoms with van der Waals surface area (Å²) >= 11 is 0. The van der Waals surface area contributed by atoms with Crippen LogP contribution in [-0.4, -0.2) is 31.7 Å². The maximum absolute atomic E-state index is 11.7. The van der Waals surface area contributed by atoms with E-state index in [1.165, 1.54) is 0 Å². The molecule has 0 spiro atoms. The fourth-order valence-electron chi connectivity index (χ4n) is 1.26. The summed E-state index contributed by atoms with van der Waals surface area (Å²) in [5.41, 5.74) is 0.686. The van der Waals surface area contributed by atoms with Crippen molar-refractivity contribution in [2.75, 3.05) is 19.8 Å². The number of benzene rings is 1. The summed E-state index contributed by atoms with van der Waals surface area (Å²) in [6, 6.07) is 9.15. The fourth-order valence-corrected chi connectivity index (χ4v) is 1.26. The Morgan fingerprint density at radius 3 is 2.62 bits per heavy atom. The molecule has 3 heteroatoms. The Hall–Kier alpha value is -1.19. The van der Waals surface area contributed by atoms with E-state index < -0.39 is 0 Å². The second kappa shape index (κ2) is 7.14. The molecule has 3 nitrogen and oxygen atoms in total. The van der Waals surface area contributed by atoms with Gasteiger partial charge in [-0.05, 0) is 13.8 Å². The zero-order valence-electron chi connectivity index (χ0n) is 9.81. The van der Waals surface area contributed by atoms with E-state index >= 15 is 0 Å². The molecule has 0 radical (unpaired) electrons. The average Bonchev–Trinajstić information content (AvgIpc) is 2.34. The van der Waals surface area contributed by atoms with Crippen molar-refractivity contribution in [3.8, 4) is 0 Å². The lowest BCUT2D eigenvalue weighted by molar-refractivity contribution is 0.00116. The van der Waals surface area contributed by atoms with Gasteiger partial charge in [-0.2, -0.15) is 0 Å². The molecule has 0 amide bonds. The Morgan fingerprint density at radius 2 is 2.00 bits per heavy atom. The number of carbonyl (C=O) groups is 1. The van der Waals surface area contributed by atoms with Crippen molar-refractivity contribution in [2.45, 2.75) is 20.0 Å². The van der Waals surface area contributed by atoms with Gasteiger partial charge in [-0.1, -0.05) is 30.3 Å². The van der Waals surface area contributed by atoms with E-state index in [4.69, 9.17) is 9.47 Å². The van der Waals surface area contributed by atoms with Crippen LogP contribution in [0.3, 0.4) is 0 Å². The van der Waals surface area contributed by atoms with Crippen LogP contribution in [0.1, 0.15) is 24.2 Å². The smallest absolute Gasteiger partial charge is 0.188 e. The molecular formula is C13H18O3. The van der Waals surface area contributed by atoms with Crippen LogP contribution in [0, 0.1) is 0 Å². The first-order valence-corrected chi connectivity index (χ1v) is 5.51. The number of hydrogen-bond acceptors (Lipinski definition) is 3. The Morgan fingerprint density at radius 1 is 1.31 bits per heavy atom. The Kier molecular flexibility index (Phi) is 5.75. The third-order valence-electron chi connectivity index (χ3n) is 2.15. The zero-order valence-corrected chi connectivity index (χ0v) is 9.81.